The summed E-state index contributed by atoms with van der Waals surface area (Å²) in [5, 5.41) is 14.0. The van der Waals surface area contributed by atoms with Crippen LogP contribution in [0, 0.1) is 10.1 Å². The average molecular weight is 302 g/mol. The summed E-state index contributed by atoms with van der Waals surface area (Å²) in [5.74, 6) is 0. The second kappa shape index (κ2) is 5.73. The summed E-state index contributed by atoms with van der Waals surface area (Å²) in [4.78, 5) is 10.3. The highest BCUT2D eigenvalue weighted by Crippen LogP contribution is 2.29. The topological polar surface area (TPSA) is 127 Å². The highest BCUT2D eigenvalue weighted by Gasteiger charge is 2.24. The molecule has 0 aliphatic rings. The molecule has 0 aliphatic heterocycles. The standard InChI is InChI=1S/C11H18N4O4S/c1-11(2,7-12)14-9-5-4-8(20(18,19)13-3)6-10(9)15(16)17/h4-6,13-14H,7,12H2,1-3H3. The third-order valence-electron chi connectivity index (χ3n) is 2.73. The van der Waals surface area contributed by atoms with Gasteiger partial charge in [-0.15, -0.1) is 0 Å². The monoisotopic (exact) mass is 302 g/mol. The Morgan fingerprint density at radius 3 is 2.45 bits per heavy atom. The van der Waals surface area contributed by atoms with Crippen molar-refractivity contribution in [2.75, 3.05) is 18.9 Å². The molecule has 0 atom stereocenters. The van der Waals surface area contributed by atoms with Crippen molar-refractivity contribution in [2.24, 2.45) is 5.73 Å². The van der Waals surface area contributed by atoms with Gasteiger partial charge in [-0.05, 0) is 33.0 Å². The van der Waals surface area contributed by atoms with Gasteiger partial charge in [0.25, 0.3) is 5.69 Å². The molecule has 1 aromatic carbocycles. The maximum absolute atomic E-state index is 11.7. The highest BCUT2D eigenvalue weighted by atomic mass is 32.2. The van der Waals surface area contributed by atoms with Crippen molar-refractivity contribution in [1.29, 1.82) is 0 Å². The van der Waals surface area contributed by atoms with Gasteiger partial charge >= 0.3 is 0 Å². The van der Waals surface area contributed by atoms with Crippen molar-refractivity contribution in [3.8, 4) is 0 Å². The van der Waals surface area contributed by atoms with E-state index >= 15 is 0 Å². The van der Waals surface area contributed by atoms with Crippen LogP contribution in [-0.4, -0.2) is 32.5 Å². The fourth-order valence-corrected chi connectivity index (χ4v) is 2.22. The van der Waals surface area contributed by atoms with E-state index in [0.717, 1.165) is 6.07 Å². The molecule has 20 heavy (non-hydrogen) atoms. The van der Waals surface area contributed by atoms with Crippen LogP contribution in [-0.2, 0) is 10.0 Å². The summed E-state index contributed by atoms with van der Waals surface area (Å²) in [6.45, 7) is 3.84. The Morgan fingerprint density at radius 2 is 2.00 bits per heavy atom. The zero-order valence-corrected chi connectivity index (χ0v) is 12.3. The Kier molecular flexibility index (Phi) is 4.69. The zero-order valence-electron chi connectivity index (χ0n) is 11.5. The van der Waals surface area contributed by atoms with E-state index in [1.54, 1.807) is 13.8 Å². The highest BCUT2D eigenvalue weighted by molar-refractivity contribution is 7.89. The van der Waals surface area contributed by atoms with Gasteiger partial charge < -0.3 is 11.1 Å². The first-order chi connectivity index (χ1) is 9.13. The molecule has 0 saturated heterocycles. The second-order valence-electron chi connectivity index (χ2n) is 4.86. The Morgan fingerprint density at radius 1 is 1.40 bits per heavy atom. The van der Waals surface area contributed by atoms with Gasteiger partial charge in [0, 0.05) is 18.2 Å². The number of benzene rings is 1. The Bertz CT molecular complexity index is 613. The van der Waals surface area contributed by atoms with Crippen LogP contribution >= 0.6 is 0 Å². The largest absolute Gasteiger partial charge is 0.373 e. The van der Waals surface area contributed by atoms with Gasteiger partial charge in [0.2, 0.25) is 10.0 Å². The van der Waals surface area contributed by atoms with Crippen LogP contribution in [0.15, 0.2) is 23.1 Å². The van der Waals surface area contributed by atoms with Crippen LogP contribution in [0.1, 0.15) is 13.8 Å². The second-order valence-corrected chi connectivity index (χ2v) is 6.74. The lowest BCUT2D eigenvalue weighted by molar-refractivity contribution is -0.384. The molecule has 1 aromatic rings. The number of rotatable bonds is 6. The summed E-state index contributed by atoms with van der Waals surface area (Å²) in [6, 6.07) is 3.67. The van der Waals surface area contributed by atoms with Gasteiger partial charge in [-0.3, -0.25) is 10.1 Å². The van der Waals surface area contributed by atoms with Crippen LogP contribution < -0.4 is 15.8 Å². The number of sulfonamides is 1. The van der Waals surface area contributed by atoms with Gasteiger partial charge in [0.05, 0.1) is 9.82 Å². The molecule has 4 N–H and O–H groups in total. The smallest absolute Gasteiger partial charge is 0.293 e. The van der Waals surface area contributed by atoms with Crippen molar-refractivity contribution >= 4 is 21.4 Å². The normalized spacial score (nSPS) is 12.2. The van der Waals surface area contributed by atoms with Crippen molar-refractivity contribution in [2.45, 2.75) is 24.3 Å². The summed E-state index contributed by atoms with van der Waals surface area (Å²) in [5.41, 5.74) is 4.92. The number of nitrogens with two attached hydrogens (primary N) is 1. The fraction of sp³-hybridized carbons (Fsp3) is 0.455. The Balaban J connectivity index is 3.33. The molecule has 0 fully saturated rings. The summed E-state index contributed by atoms with van der Waals surface area (Å²) in [6.07, 6.45) is 0. The summed E-state index contributed by atoms with van der Waals surface area (Å²) in [7, 11) is -2.49. The minimum atomic E-state index is -3.73. The fourth-order valence-electron chi connectivity index (χ4n) is 1.47. The number of nitrogens with zero attached hydrogens (tertiary/aromatic N) is 1. The molecule has 9 heteroatoms. The first-order valence-electron chi connectivity index (χ1n) is 5.83. The number of nitro groups is 1. The third-order valence-corrected chi connectivity index (χ3v) is 4.14. The number of hydrogen-bond acceptors (Lipinski definition) is 6. The van der Waals surface area contributed by atoms with Gasteiger partial charge in [-0.1, -0.05) is 0 Å². The summed E-state index contributed by atoms with van der Waals surface area (Å²) < 4.78 is 25.4. The van der Waals surface area contributed by atoms with Crippen LogP contribution in [0.3, 0.4) is 0 Å². The van der Waals surface area contributed by atoms with Crippen molar-refractivity contribution in [3.63, 3.8) is 0 Å². The van der Waals surface area contributed by atoms with E-state index in [-0.39, 0.29) is 22.8 Å². The third kappa shape index (κ3) is 3.65. The predicted octanol–water partition coefficient (Wildman–Crippen LogP) is 0.652. The van der Waals surface area contributed by atoms with Gasteiger partial charge in [0.15, 0.2) is 0 Å². The molecule has 0 bridgehead atoms. The SMILES string of the molecule is CNS(=O)(=O)c1ccc(NC(C)(C)CN)c([N+](=O)[O-])c1. The van der Waals surface area contributed by atoms with E-state index in [2.05, 4.69) is 10.0 Å². The van der Waals surface area contributed by atoms with Gasteiger partial charge in [-0.25, -0.2) is 13.1 Å². The van der Waals surface area contributed by atoms with Crippen molar-refractivity contribution in [1.82, 2.24) is 4.72 Å². The molecule has 8 nitrogen and oxygen atoms in total. The van der Waals surface area contributed by atoms with E-state index in [0.29, 0.717) is 0 Å². The van der Waals surface area contributed by atoms with Crippen LogP contribution in [0.2, 0.25) is 0 Å². The molecule has 0 unspecified atom stereocenters. The average Bonchev–Trinajstić information content (AvgIpc) is 2.38. The molecule has 1 rings (SSSR count). The molecule has 0 radical (unpaired) electrons. The molecule has 0 heterocycles. The number of nitrogens with one attached hydrogen (secondary N) is 2. The Hall–Kier alpha value is -1.71. The Labute approximate surface area is 117 Å². The first-order valence-corrected chi connectivity index (χ1v) is 7.31. The maximum Gasteiger partial charge on any atom is 0.293 e. The van der Waals surface area contributed by atoms with Crippen molar-refractivity contribution in [3.05, 3.63) is 28.3 Å². The minimum absolute atomic E-state index is 0.164. The van der Waals surface area contributed by atoms with E-state index in [4.69, 9.17) is 5.73 Å². The van der Waals surface area contributed by atoms with Crippen molar-refractivity contribution < 1.29 is 13.3 Å². The van der Waals surface area contributed by atoms with E-state index in [1.807, 2.05) is 0 Å². The number of nitro benzene ring substituents is 1. The molecule has 112 valence electrons. The predicted molar refractivity (Wildman–Crippen MR) is 76.1 cm³/mol. The lowest BCUT2D eigenvalue weighted by Crippen LogP contribution is -2.39. The molecule has 0 spiro atoms. The number of hydrogen-bond donors (Lipinski definition) is 3. The van der Waals surface area contributed by atoms with Crippen LogP contribution in [0.5, 0.6) is 0 Å². The van der Waals surface area contributed by atoms with Gasteiger partial charge in [0.1, 0.15) is 5.69 Å². The van der Waals surface area contributed by atoms with Crippen LogP contribution in [0.25, 0.3) is 0 Å². The lowest BCUT2D eigenvalue weighted by atomic mass is 10.1. The lowest BCUT2D eigenvalue weighted by Gasteiger charge is -2.25. The molecule has 0 amide bonds. The van der Waals surface area contributed by atoms with E-state index in [1.165, 1.54) is 19.2 Å². The quantitative estimate of drug-likeness (QED) is 0.523. The molecular weight excluding hydrogens is 284 g/mol. The van der Waals surface area contributed by atoms with E-state index in [9.17, 15) is 18.5 Å². The number of anilines is 1. The molecule has 0 aliphatic carbocycles. The van der Waals surface area contributed by atoms with Crippen LogP contribution in [0.4, 0.5) is 11.4 Å². The molecule has 0 saturated carbocycles. The molecule has 0 aromatic heterocycles. The van der Waals surface area contributed by atoms with Gasteiger partial charge in [-0.2, -0.15) is 0 Å². The van der Waals surface area contributed by atoms with E-state index < -0.39 is 20.5 Å². The minimum Gasteiger partial charge on any atom is -0.373 e. The molecular formula is C11H18N4O4S. The first kappa shape index (κ1) is 16.3. The maximum atomic E-state index is 11.7. The zero-order chi connectivity index (χ0) is 15.6. The summed E-state index contributed by atoms with van der Waals surface area (Å²) >= 11 is 0.